The number of aliphatic hydroxyl groups excluding tert-OH is 1. The Morgan fingerprint density at radius 1 is 1.05 bits per heavy atom. The molecule has 5 heterocycles. The number of urea groups is 1. The standard InChI is InChI=1S/C32H34ClN7O3/c1-32(2)24-8-4-6-10-26(24)36-31(43)40(32)20-11-13-37(14-12-20)27(42)18-39-17-23(22-7-3-5-9-25(22)33)28-29(34-19-35-30(28)39)38-15-21(41)16-38/h3-10,17,19-21,41H,11-16,18H2,1-2H3,(H,36,43). The first-order valence-corrected chi connectivity index (χ1v) is 15.1. The third-order valence-corrected chi connectivity index (χ3v) is 9.43. The molecule has 0 bridgehead atoms. The number of carbonyl (C=O) groups excluding carboxylic acids is 2. The van der Waals surface area contributed by atoms with Gasteiger partial charge in [-0.05, 0) is 38.8 Å². The smallest absolute Gasteiger partial charge is 0.322 e. The van der Waals surface area contributed by atoms with Gasteiger partial charge in [0.25, 0.3) is 0 Å². The molecule has 0 saturated carbocycles. The molecule has 222 valence electrons. The fraction of sp³-hybridized carbons (Fsp3) is 0.375. The molecule has 0 aliphatic carbocycles. The number of aromatic nitrogens is 3. The van der Waals surface area contributed by atoms with Gasteiger partial charge in [-0.2, -0.15) is 0 Å². The number of nitrogens with zero attached hydrogens (tertiary/aromatic N) is 6. The third-order valence-electron chi connectivity index (χ3n) is 9.10. The number of likely N-dealkylation sites (tertiary alicyclic amines) is 1. The number of hydrogen-bond acceptors (Lipinski definition) is 6. The SMILES string of the molecule is CC1(C)c2ccccc2NC(=O)N1C1CCN(C(=O)Cn2cc(-c3ccccc3Cl)c3c(N4CC(O)C4)ncnc32)CC1. The van der Waals surface area contributed by atoms with Crippen LogP contribution in [0, 0.1) is 0 Å². The Hall–Kier alpha value is -4.15. The summed E-state index contributed by atoms with van der Waals surface area (Å²) in [6, 6.07) is 15.5. The fourth-order valence-electron chi connectivity index (χ4n) is 6.91. The van der Waals surface area contributed by atoms with Crippen LogP contribution < -0.4 is 10.2 Å². The molecule has 0 spiro atoms. The highest BCUT2D eigenvalue weighted by Crippen LogP contribution is 2.41. The number of β-amino-alcohol motifs (C(OH)–C–C–N with tert-alkyl or cyclic N) is 1. The van der Waals surface area contributed by atoms with Crippen molar-refractivity contribution in [3.05, 3.63) is 71.6 Å². The third kappa shape index (κ3) is 4.69. The molecule has 4 aromatic rings. The molecule has 3 aliphatic rings. The zero-order valence-electron chi connectivity index (χ0n) is 24.2. The van der Waals surface area contributed by atoms with E-state index in [-0.39, 0.29) is 24.5 Å². The van der Waals surface area contributed by atoms with E-state index in [9.17, 15) is 14.7 Å². The molecular formula is C32H34ClN7O3. The first-order chi connectivity index (χ1) is 20.7. The van der Waals surface area contributed by atoms with E-state index in [1.807, 2.05) is 67.9 Å². The summed E-state index contributed by atoms with van der Waals surface area (Å²) in [6.07, 6.45) is 4.45. The lowest BCUT2D eigenvalue weighted by atomic mass is 9.86. The summed E-state index contributed by atoms with van der Waals surface area (Å²) < 4.78 is 1.88. The van der Waals surface area contributed by atoms with E-state index < -0.39 is 11.6 Å². The van der Waals surface area contributed by atoms with Gasteiger partial charge in [-0.25, -0.2) is 14.8 Å². The van der Waals surface area contributed by atoms with Gasteiger partial charge in [0.1, 0.15) is 24.3 Å². The number of anilines is 2. The summed E-state index contributed by atoms with van der Waals surface area (Å²) in [6.45, 7) is 6.41. The summed E-state index contributed by atoms with van der Waals surface area (Å²) in [4.78, 5) is 41.9. The molecule has 0 atom stereocenters. The lowest BCUT2D eigenvalue weighted by Gasteiger charge is -2.49. The van der Waals surface area contributed by atoms with Crippen LogP contribution in [0.25, 0.3) is 22.2 Å². The molecule has 2 aromatic carbocycles. The predicted octanol–water partition coefficient (Wildman–Crippen LogP) is 4.71. The zero-order chi connectivity index (χ0) is 29.9. The van der Waals surface area contributed by atoms with E-state index in [0.29, 0.717) is 49.7 Å². The Kier molecular flexibility index (Phi) is 6.78. The quantitative estimate of drug-likeness (QED) is 0.344. The summed E-state index contributed by atoms with van der Waals surface area (Å²) >= 11 is 6.62. The Morgan fingerprint density at radius 3 is 2.51 bits per heavy atom. The summed E-state index contributed by atoms with van der Waals surface area (Å²) in [5.41, 5.74) is 3.82. The van der Waals surface area contributed by atoms with Crippen molar-refractivity contribution in [2.24, 2.45) is 0 Å². The zero-order valence-corrected chi connectivity index (χ0v) is 25.0. The van der Waals surface area contributed by atoms with Crippen molar-refractivity contribution in [1.29, 1.82) is 0 Å². The molecule has 43 heavy (non-hydrogen) atoms. The topological polar surface area (TPSA) is 107 Å². The van der Waals surface area contributed by atoms with Gasteiger partial charge in [0.2, 0.25) is 5.91 Å². The van der Waals surface area contributed by atoms with Gasteiger partial charge >= 0.3 is 6.03 Å². The van der Waals surface area contributed by atoms with Crippen molar-refractivity contribution >= 4 is 46.1 Å². The Balaban J connectivity index is 1.12. The molecule has 3 amide bonds. The van der Waals surface area contributed by atoms with Crippen LogP contribution in [0.5, 0.6) is 0 Å². The van der Waals surface area contributed by atoms with E-state index in [0.717, 1.165) is 33.6 Å². The molecule has 2 saturated heterocycles. The number of rotatable bonds is 5. The minimum atomic E-state index is -0.459. The van der Waals surface area contributed by atoms with Gasteiger partial charge in [-0.15, -0.1) is 0 Å². The lowest BCUT2D eigenvalue weighted by molar-refractivity contribution is -0.133. The minimum absolute atomic E-state index is 0.00621. The van der Waals surface area contributed by atoms with Crippen molar-refractivity contribution in [3.63, 3.8) is 0 Å². The number of nitrogens with one attached hydrogen (secondary N) is 1. The van der Waals surface area contributed by atoms with Crippen LogP contribution in [-0.2, 0) is 16.9 Å². The van der Waals surface area contributed by atoms with Gasteiger partial charge in [0.15, 0.2) is 0 Å². The van der Waals surface area contributed by atoms with E-state index in [1.165, 1.54) is 6.33 Å². The molecule has 0 radical (unpaired) electrons. The van der Waals surface area contributed by atoms with Crippen molar-refractivity contribution in [3.8, 4) is 11.1 Å². The number of amides is 3. The predicted molar refractivity (Wildman–Crippen MR) is 166 cm³/mol. The van der Waals surface area contributed by atoms with Gasteiger partial charge in [0, 0.05) is 65.8 Å². The van der Waals surface area contributed by atoms with Gasteiger partial charge in [-0.1, -0.05) is 48.0 Å². The lowest BCUT2D eigenvalue weighted by Crippen LogP contribution is -2.58. The first kappa shape index (κ1) is 27.7. The second-order valence-corrected chi connectivity index (χ2v) is 12.5. The second kappa shape index (κ2) is 10.5. The Bertz CT molecular complexity index is 1720. The van der Waals surface area contributed by atoms with Gasteiger partial charge in [-0.3, -0.25) is 4.79 Å². The van der Waals surface area contributed by atoms with Crippen LogP contribution in [0.2, 0.25) is 5.02 Å². The maximum absolute atomic E-state index is 13.7. The molecule has 2 fully saturated rings. The number of para-hydroxylation sites is 1. The van der Waals surface area contributed by atoms with Crippen LogP contribution in [0.15, 0.2) is 61.1 Å². The molecule has 7 rings (SSSR count). The second-order valence-electron chi connectivity index (χ2n) is 12.1. The van der Waals surface area contributed by atoms with E-state index >= 15 is 0 Å². The number of halogens is 1. The van der Waals surface area contributed by atoms with Crippen LogP contribution in [0.3, 0.4) is 0 Å². The summed E-state index contributed by atoms with van der Waals surface area (Å²) in [5, 5.41) is 14.4. The highest BCUT2D eigenvalue weighted by molar-refractivity contribution is 6.33. The van der Waals surface area contributed by atoms with Crippen LogP contribution in [0.1, 0.15) is 32.3 Å². The van der Waals surface area contributed by atoms with Crippen LogP contribution >= 0.6 is 11.6 Å². The van der Waals surface area contributed by atoms with E-state index in [2.05, 4.69) is 35.2 Å². The maximum atomic E-state index is 13.7. The normalized spacial score (nSPS) is 18.9. The molecule has 3 aliphatic heterocycles. The highest BCUT2D eigenvalue weighted by atomic mass is 35.5. The number of hydrogen-bond donors (Lipinski definition) is 2. The number of fused-ring (bicyclic) bond motifs is 2. The monoisotopic (exact) mass is 599 g/mol. The van der Waals surface area contributed by atoms with E-state index in [4.69, 9.17) is 11.6 Å². The van der Waals surface area contributed by atoms with Crippen LogP contribution in [0.4, 0.5) is 16.3 Å². The Labute approximate surface area is 254 Å². The number of benzene rings is 2. The average Bonchev–Trinajstić information content (AvgIpc) is 3.34. The maximum Gasteiger partial charge on any atom is 0.322 e. The highest BCUT2D eigenvalue weighted by Gasteiger charge is 2.43. The average molecular weight is 600 g/mol. The van der Waals surface area contributed by atoms with Crippen molar-refractivity contribution in [2.45, 2.75) is 50.9 Å². The molecule has 0 unspecified atom stereocenters. The number of piperidine rings is 1. The summed E-state index contributed by atoms with van der Waals surface area (Å²) in [7, 11) is 0. The Morgan fingerprint density at radius 2 is 1.77 bits per heavy atom. The van der Waals surface area contributed by atoms with Crippen molar-refractivity contribution < 1.29 is 14.7 Å². The largest absolute Gasteiger partial charge is 0.389 e. The fourth-order valence-corrected chi connectivity index (χ4v) is 7.14. The first-order valence-electron chi connectivity index (χ1n) is 14.7. The molecule has 10 nitrogen and oxygen atoms in total. The van der Waals surface area contributed by atoms with Gasteiger partial charge in [0.05, 0.1) is 17.0 Å². The molecular weight excluding hydrogens is 566 g/mol. The van der Waals surface area contributed by atoms with Crippen molar-refractivity contribution in [2.75, 3.05) is 36.4 Å². The van der Waals surface area contributed by atoms with Crippen LogP contribution in [-0.4, -0.2) is 79.7 Å². The summed E-state index contributed by atoms with van der Waals surface area (Å²) in [5.74, 6) is 0.717. The van der Waals surface area contributed by atoms with Crippen molar-refractivity contribution in [1.82, 2.24) is 24.3 Å². The minimum Gasteiger partial charge on any atom is -0.389 e. The molecule has 2 N–H and O–H groups in total. The molecule has 2 aromatic heterocycles. The number of carbonyl (C=O) groups is 2. The van der Waals surface area contributed by atoms with Gasteiger partial charge < -0.3 is 29.7 Å². The number of aliphatic hydroxyl groups is 1. The van der Waals surface area contributed by atoms with E-state index in [1.54, 1.807) is 0 Å². The molecule has 11 heteroatoms.